The quantitative estimate of drug-likeness (QED) is 0.777. The monoisotopic (exact) mass is 226 g/mol. The van der Waals surface area contributed by atoms with Crippen LogP contribution in [0.15, 0.2) is 4.52 Å². The Hall–Kier alpha value is -0.980. The molecule has 16 heavy (non-hydrogen) atoms. The lowest BCUT2D eigenvalue weighted by molar-refractivity contribution is -0.0427. The van der Waals surface area contributed by atoms with Gasteiger partial charge in [-0.15, -0.1) is 0 Å². The van der Waals surface area contributed by atoms with Crippen molar-refractivity contribution < 1.29 is 9.26 Å². The first-order valence-electron chi connectivity index (χ1n) is 5.54. The molecule has 0 spiro atoms. The number of morpholine rings is 1. The molecule has 1 aromatic heterocycles. The van der Waals surface area contributed by atoms with Crippen molar-refractivity contribution >= 4 is 0 Å². The first-order chi connectivity index (χ1) is 7.65. The van der Waals surface area contributed by atoms with Crippen LogP contribution in [0.5, 0.6) is 0 Å². The van der Waals surface area contributed by atoms with Gasteiger partial charge < -0.3 is 15.0 Å². The summed E-state index contributed by atoms with van der Waals surface area (Å²) in [4.78, 5) is 6.41. The van der Waals surface area contributed by atoms with Gasteiger partial charge in [0.2, 0.25) is 5.89 Å². The van der Waals surface area contributed by atoms with E-state index in [9.17, 15) is 0 Å². The van der Waals surface area contributed by atoms with Crippen LogP contribution in [0, 0.1) is 6.92 Å². The van der Waals surface area contributed by atoms with Crippen LogP contribution in [-0.2, 0) is 11.3 Å². The Morgan fingerprint density at radius 1 is 1.62 bits per heavy atom. The largest absolute Gasteiger partial charge is 0.374 e. The maximum atomic E-state index is 5.82. The molecule has 0 radical (unpaired) electrons. The number of hydrogen-bond donors (Lipinski definition) is 1. The van der Waals surface area contributed by atoms with E-state index >= 15 is 0 Å². The highest BCUT2D eigenvalue weighted by molar-refractivity contribution is 4.85. The van der Waals surface area contributed by atoms with Crippen molar-refractivity contribution in [1.29, 1.82) is 0 Å². The maximum absolute atomic E-state index is 5.82. The molecule has 1 saturated heterocycles. The summed E-state index contributed by atoms with van der Waals surface area (Å²) in [7, 11) is 0. The fraction of sp³-hybridized carbons (Fsp3) is 0.800. The van der Waals surface area contributed by atoms with Crippen LogP contribution in [0.25, 0.3) is 0 Å². The van der Waals surface area contributed by atoms with E-state index < -0.39 is 0 Å². The van der Waals surface area contributed by atoms with E-state index in [2.05, 4.69) is 15.0 Å². The van der Waals surface area contributed by atoms with Crippen LogP contribution in [0.1, 0.15) is 18.6 Å². The molecule has 1 aromatic rings. The van der Waals surface area contributed by atoms with Crippen molar-refractivity contribution in [2.75, 3.05) is 19.7 Å². The summed E-state index contributed by atoms with van der Waals surface area (Å²) in [5, 5.41) is 3.77. The Kier molecular flexibility index (Phi) is 3.52. The number of nitrogens with two attached hydrogens (primary N) is 1. The third kappa shape index (κ3) is 2.78. The summed E-state index contributed by atoms with van der Waals surface area (Å²) in [5.41, 5.74) is 5.82. The Balaban J connectivity index is 1.90. The van der Waals surface area contributed by atoms with Crippen LogP contribution in [-0.4, -0.2) is 46.9 Å². The summed E-state index contributed by atoms with van der Waals surface area (Å²) < 4.78 is 10.7. The van der Waals surface area contributed by atoms with Gasteiger partial charge in [-0.2, -0.15) is 4.98 Å². The second-order valence-corrected chi connectivity index (χ2v) is 4.24. The van der Waals surface area contributed by atoms with Crippen molar-refractivity contribution in [3.8, 4) is 0 Å². The predicted molar refractivity (Wildman–Crippen MR) is 57.7 cm³/mol. The minimum atomic E-state index is 0.0484. The number of rotatable bonds is 3. The lowest BCUT2D eigenvalue weighted by Crippen LogP contribution is -2.49. The molecule has 6 heteroatoms. The second-order valence-electron chi connectivity index (χ2n) is 4.24. The Bertz CT molecular complexity index is 339. The number of aromatic nitrogens is 2. The smallest absolute Gasteiger partial charge is 0.240 e. The number of hydrogen-bond acceptors (Lipinski definition) is 6. The van der Waals surface area contributed by atoms with Gasteiger partial charge in [0.05, 0.1) is 19.3 Å². The molecule has 6 nitrogen and oxygen atoms in total. The average Bonchev–Trinajstić information content (AvgIpc) is 2.64. The van der Waals surface area contributed by atoms with E-state index in [1.54, 1.807) is 0 Å². The fourth-order valence-corrected chi connectivity index (χ4v) is 1.79. The lowest BCUT2D eigenvalue weighted by atomic mass is 10.1. The van der Waals surface area contributed by atoms with Gasteiger partial charge in [-0.05, 0) is 13.8 Å². The van der Waals surface area contributed by atoms with Gasteiger partial charge >= 0.3 is 0 Å². The summed E-state index contributed by atoms with van der Waals surface area (Å²) in [6, 6.07) is 0.0484. The molecule has 2 N–H and O–H groups in total. The van der Waals surface area contributed by atoms with Crippen molar-refractivity contribution in [3.05, 3.63) is 11.7 Å². The van der Waals surface area contributed by atoms with E-state index in [1.165, 1.54) is 0 Å². The van der Waals surface area contributed by atoms with E-state index in [0.29, 0.717) is 24.9 Å². The summed E-state index contributed by atoms with van der Waals surface area (Å²) >= 11 is 0. The normalized spacial score (nSPS) is 24.6. The molecule has 1 aliphatic rings. The number of aryl methyl sites for hydroxylation is 1. The predicted octanol–water partition coefficient (Wildman–Crippen LogP) is -0.0740. The van der Waals surface area contributed by atoms with Gasteiger partial charge in [0.1, 0.15) is 0 Å². The average molecular weight is 226 g/mol. The molecule has 0 aliphatic carbocycles. The van der Waals surface area contributed by atoms with E-state index in [-0.39, 0.29) is 12.1 Å². The van der Waals surface area contributed by atoms with Crippen molar-refractivity contribution in [2.45, 2.75) is 32.5 Å². The number of nitrogens with zero attached hydrogens (tertiary/aromatic N) is 3. The molecule has 2 rings (SSSR count). The minimum absolute atomic E-state index is 0.0484. The molecular weight excluding hydrogens is 208 g/mol. The minimum Gasteiger partial charge on any atom is -0.374 e. The van der Waals surface area contributed by atoms with Gasteiger partial charge in [-0.1, -0.05) is 5.16 Å². The highest BCUT2D eigenvalue weighted by atomic mass is 16.5. The van der Waals surface area contributed by atoms with Crippen molar-refractivity contribution in [3.63, 3.8) is 0 Å². The van der Waals surface area contributed by atoms with Crippen molar-refractivity contribution in [1.82, 2.24) is 15.0 Å². The summed E-state index contributed by atoms with van der Waals surface area (Å²) in [6.45, 7) is 6.86. The van der Waals surface area contributed by atoms with E-state index in [4.69, 9.17) is 15.0 Å². The van der Waals surface area contributed by atoms with Crippen LogP contribution >= 0.6 is 0 Å². The molecule has 0 bridgehead atoms. The van der Waals surface area contributed by atoms with Crippen LogP contribution in [0.3, 0.4) is 0 Å². The molecule has 0 saturated carbocycles. The van der Waals surface area contributed by atoms with Gasteiger partial charge in [0, 0.05) is 19.1 Å². The summed E-state index contributed by atoms with van der Waals surface area (Å²) in [6.07, 6.45) is 0.0952. The van der Waals surface area contributed by atoms with E-state index in [0.717, 1.165) is 13.1 Å². The maximum Gasteiger partial charge on any atom is 0.240 e. The zero-order valence-electron chi connectivity index (χ0n) is 9.72. The molecule has 0 amide bonds. The van der Waals surface area contributed by atoms with Crippen LogP contribution in [0.2, 0.25) is 0 Å². The molecule has 2 heterocycles. The second kappa shape index (κ2) is 4.90. The highest BCUT2D eigenvalue weighted by Gasteiger charge is 2.24. The molecule has 1 aliphatic heterocycles. The summed E-state index contributed by atoms with van der Waals surface area (Å²) in [5.74, 6) is 1.33. The topological polar surface area (TPSA) is 77.4 Å². The molecule has 2 unspecified atom stereocenters. The standard InChI is InChI=1S/C10H18N4O2/c1-7(11)9-5-14(3-4-15-9)6-10-12-8(2)13-16-10/h7,9H,3-6,11H2,1-2H3. The zero-order chi connectivity index (χ0) is 11.5. The first kappa shape index (κ1) is 11.5. The van der Waals surface area contributed by atoms with Gasteiger partial charge in [0.15, 0.2) is 5.82 Å². The van der Waals surface area contributed by atoms with Crippen molar-refractivity contribution in [2.24, 2.45) is 5.73 Å². The van der Waals surface area contributed by atoms with Crippen LogP contribution in [0.4, 0.5) is 0 Å². The fourth-order valence-electron chi connectivity index (χ4n) is 1.79. The number of ether oxygens (including phenoxy) is 1. The van der Waals surface area contributed by atoms with Gasteiger partial charge in [-0.3, -0.25) is 4.90 Å². The molecule has 2 atom stereocenters. The first-order valence-corrected chi connectivity index (χ1v) is 5.54. The highest BCUT2D eigenvalue weighted by Crippen LogP contribution is 2.10. The Morgan fingerprint density at radius 3 is 3.06 bits per heavy atom. The van der Waals surface area contributed by atoms with Gasteiger partial charge in [-0.25, -0.2) is 0 Å². The third-order valence-electron chi connectivity index (χ3n) is 2.69. The molecule has 1 fully saturated rings. The molecular formula is C10H18N4O2. The Morgan fingerprint density at radius 2 is 2.44 bits per heavy atom. The third-order valence-corrected chi connectivity index (χ3v) is 2.69. The molecule has 0 aromatic carbocycles. The lowest BCUT2D eigenvalue weighted by Gasteiger charge is -2.33. The van der Waals surface area contributed by atoms with E-state index in [1.807, 2.05) is 13.8 Å². The molecule has 90 valence electrons. The SMILES string of the molecule is Cc1noc(CN2CCOC(C(C)N)C2)n1. The van der Waals surface area contributed by atoms with Crippen LogP contribution < -0.4 is 5.73 Å². The van der Waals surface area contributed by atoms with Gasteiger partial charge in [0.25, 0.3) is 0 Å². The zero-order valence-corrected chi connectivity index (χ0v) is 9.72. The Labute approximate surface area is 94.7 Å².